The van der Waals surface area contributed by atoms with E-state index in [1.807, 2.05) is 67.8 Å². The second-order valence-corrected chi connectivity index (χ2v) is 13.7. The van der Waals surface area contributed by atoms with Crippen molar-refractivity contribution in [2.45, 2.75) is 97.1 Å². The van der Waals surface area contributed by atoms with Gasteiger partial charge in [0.15, 0.2) is 0 Å². The molecule has 0 aromatic heterocycles. The molecule has 0 heterocycles. The van der Waals surface area contributed by atoms with Crippen LogP contribution in [0.15, 0.2) is 54.6 Å². The van der Waals surface area contributed by atoms with Gasteiger partial charge < -0.3 is 25.0 Å². The van der Waals surface area contributed by atoms with E-state index < -0.39 is 53.2 Å². The molecule has 2 N–H and O–H groups in total. The van der Waals surface area contributed by atoms with Crippen molar-refractivity contribution in [1.29, 1.82) is 0 Å². The summed E-state index contributed by atoms with van der Waals surface area (Å²) in [6.07, 6.45) is 2.54. The fourth-order valence-electron chi connectivity index (χ4n) is 4.47. The van der Waals surface area contributed by atoms with Crippen molar-refractivity contribution in [2.75, 3.05) is 19.1 Å². The van der Waals surface area contributed by atoms with E-state index in [1.165, 1.54) is 23.7 Å². The van der Waals surface area contributed by atoms with Gasteiger partial charge in [-0.3, -0.25) is 9.59 Å². The second-order valence-electron chi connectivity index (χ2n) is 12.7. The highest BCUT2D eigenvalue weighted by atomic mass is 32.2. The van der Waals surface area contributed by atoms with Crippen molar-refractivity contribution in [2.24, 2.45) is 0 Å². The molecule has 0 saturated heterocycles. The Morgan fingerprint density at radius 1 is 0.818 bits per heavy atom. The third-order valence-electron chi connectivity index (χ3n) is 6.58. The first-order chi connectivity index (χ1) is 20.5. The summed E-state index contributed by atoms with van der Waals surface area (Å²) in [5, 5.41) is 5.58. The van der Waals surface area contributed by atoms with Crippen LogP contribution >= 0.6 is 11.8 Å². The molecule has 3 atom stereocenters. The Kier molecular flexibility index (Phi) is 13.8. The maximum atomic E-state index is 14.1. The maximum absolute atomic E-state index is 14.1. The molecular weight excluding hydrogens is 578 g/mol. The van der Waals surface area contributed by atoms with Crippen LogP contribution in [0.3, 0.4) is 0 Å². The molecule has 2 aromatic carbocycles. The molecule has 9 nitrogen and oxygen atoms in total. The lowest BCUT2D eigenvalue weighted by atomic mass is 9.99. The Bertz CT molecular complexity index is 1240. The molecule has 44 heavy (non-hydrogen) atoms. The molecule has 0 bridgehead atoms. The zero-order valence-corrected chi connectivity index (χ0v) is 28.4. The summed E-state index contributed by atoms with van der Waals surface area (Å²) in [5.41, 5.74) is 0.968. The van der Waals surface area contributed by atoms with E-state index in [9.17, 15) is 19.2 Å². The number of amides is 3. The number of hydrogen-bond donors (Lipinski definition) is 2. The molecule has 0 spiro atoms. The Hall–Kier alpha value is -3.53. The number of carbonyl (C=O) groups excluding carboxylic acids is 4. The summed E-state index contributed by atoms with van der Waals surface area (Å²) in [6.45, 7) is 12.6. The number of aryl methyl sites for hydroxylation is 1. The molecule has 10 heteroatoms. The molecule has 0 aliphatic rings. The Balaban J connectivity index is 2.47. The molecule has 0 fully saturated rings. The molecule has 0 aliphatic carbocycles. The van der Waals surface area contributed by atoms with Crippen LogP contribution in [0.25, 0.3) is 0 Å². The van der Waals surface area contributed by atoms with Crippen LogP contribution < -0.4 is 10.6 Å². The van der Waals surface area contributed by atoms with E-state index in [2.05, 4.69) is 10.6 Å². The first kappa shape index (κ1) is 36.7. The van der Waals surface area contributed by atoms with Crippen molar-refractivity contribution < 1.29 is 28.7 Å². The predicted octanol–water partition coefficient (Wildman–Crippen LogP) is 5.46. The van der Waals surface area contributed by atoms with Gasteiger partial charge >= 0.3 is 12.1 Å². The van der Waals surface area contributed by atoms with Crippen LogP contribution in [-0.2, 0) is 36.7 Å². The number of benzene rings is 2. The number of carbonyl (C=O) groups is 4. The van der Waals surface area contributed by atoms with Crippen LogP contribution in [0.1, 0.15) is 77.6 Å². The molecule has 3 amide bonds. The maximum Gasteiger partial charge on any atom is 0.408 e. The molecule has 2 aromatic rings. The summed E-state index contributed by atoms with van der Waals surface area (Å²) in [4.78, 5) is 55.4. The standard InChI is InChI=1S/C34H49N3O6S/c1-10-23-16-18-25(19-17-23)28(37(8)30(39)26(20-21-44-9)36-32(41)43-34(5,6)7)29(38)35-27(31(40)42-33(2,3)4)22-24-14-12-11-13-15-24/h11-19,26-28H,10,20-22H2,1-9H3,(H,35,38)(H,36,41). The van der Waals surface area contributed by atoms with Crippen molar-refractivity contribution >= 4 is 35.6 Å². The number of ether oxygens (including phenoxy) is 2. The van der Waals surface area contributed by atoms with E-state index >= 15 is 0 Å². The lowest BCUT2D eigenvalue weighted by molar-refractivity contribution is -0.159. The summed E-state index contributed by atoms with van der Waals surface area (Å²) >= 11 is 1.54. The van der Waals surface area contributed by atoms with Gasteiger partial charge in [-0.15, -0.1) is 0 Å². The van der Waals surface area contributed by atoms with E-state index in [1.54, 1.807) is 41.5 Å². The van der Waals surface area contributed by atoms with E-state index in [0.29, 0.717) is 17.7 Å². The summed E-state index contributed by atoms with van der Waals surface area (Å²) < 4.78 is 11.1. The topological polar surface area (TPSA) is 114 Å². The van der Waals surface area contributed by atoms with Crippen LogP contribution in [0.4, 0.5) is 4.79 Å². The van der Waals surface area contributed by atoms with Crippen molar-refractivity contribution in [3.63, 3.8) is 0 Å². The number of alkyl carbamates (subject to hydrolysis) is 1. The highest BCUT2D eigenvalue weighted by Crippen LogP contribution is 2.24. The number of likely N-dealkylation sites (N-methyl/N-ethyl adjacent to an activating group) is 1. The van der Waals surface area contributed by atoms with Gasteiger partial charge in [-0.05, 0) is 83.1 Å². The van der Waals surface area contributed by atoms with Crippen LogP contribution in [0.5, 0.6) is 0 Å². The zero-order chi connectivity index (χ0) is 33.1. The number of esters is 1. The summed E-state index contributed by atoms with van der Waals surface area (Å²) in [7, 11) is 1.53. The van der Waals surface area contributed by atoms with Crippen molar-refractivity contribution in [3.05, 3.63) is 71.3 Å². The minimum Gasteiger partial charge on any atom is -0.458 e. The second kappa shape index (κ2) is 16.5. The van der Waals surface area contributed by atoms with E-state index in [0.717, 1.165) is 17.5 Å². The normalized spacial score (nSPS) is 13.7. The number of rotatable bonds is 13. The molecule has 0 aliphatic heterocycles. The lowest BCUT2D eigenvalue weighted by Gasteiger charge is -2.33. The largest absolute Gasteiger partial charge is 0.458 e. The van der Waals surface area contributed by atoms with Gasteiger partial charge in [-0.1, -0.05) is 61.5 Å². The molecular formula is C34H49N3O6S. The van der Waals surface area contributed by atoms with E-state index in [4.69, 9.17) is 9.47 Å². The smallest absolute Gasteiger partial charge is 0.408 e. The molecule has 242 valence electrons. The van der Waals surface area contributed by atoms with Gasteiger partial charge in [-0.25, -0.2) is 9.59 Å². The van der Waals surface area contributed by atoms with Crippen molar-refractivity contribution in [3.8, 4) is 0 Å². The van der Waals surface area contributed by atoms with Crippen LogP contribution in [-0.4, -0.2) is 71.1 Å². The lowest BCUT2D eigenvalue weighted by Crippen LogP contribution is -2.54. The fourth-order valence-corrected chi connectivity index (χ4v) is 4.94. The number of thioether (sulfide) groups is 1. The summed E-state index contributed by atoms with van der Waals surface area (Å²) in [5.74, 6) is -0.979. The third-order valence-corrected chi connectivity index (χ3v) is 7.22. The van der Waals surface area contributed by atoms with E-state index in [-0.39, 0.29) is 6.42 Å². The first-order valence-electron chi connectivity index (χ1n) is 15.0. The van der Waals surface area contributed by atoms with Gasteiger partial charge in [-0.2, -0.15) is 11.8 Å². The fraction of sp³-hybridized carbons (Fsp3) is 0.529. The highest BCUT2D eigenvalue weighted by molar-refractivity contribution is 7.98. The number of nitrogens with zero attached hydrogens (tertiary/aromatic N) is 1. The first-order valence-corrected chi connectivity index (χ1v) is 16.3. The number of nitrogens with one attached hydrogen (secondary N) is 2. The highest BCUT2D eigenvalue weighted by Gasteiger charge is 2.36. The van der Waals surface area contributed by atoms with Gasteiger partial charge in [0.2, 0.25) is 11.8 Å². The number of hydrogen-bond acceptors (Lipinski definition) is 7. The minimum absolute atomic E-state index is 0.206. The average Bonchev–Trinajstić information content (AvgIpc) is 2.93. The van der Waals surface area contributed by atoms with Crippen molar-refractivity contribution in [1.82, 2.24) is 15.5 Å². The van der Waals surface area contributed by atoms with Gasteiger partial charge in [0.25, 0.3) is 0 Å². The SMILES string of the molecule is CCc1ccc(C(C(=O)NC(Cc2ccccc2)C(=O)OC(C)(C)C)N(C)C(=O)C(CCSC)NC(=O)OC(C)(C)C)cc1. The molecule has 2 rings (SSSR count). The molecule has 3 unspecified atom stereocenters. The third kappa shape index (κ3) is 12.2. The monoisotopic (exact) mass is 627 g/mol. The van der Waals surface area contributed by atoms with Crippen LogP contribution in [0, 0.1) is 0 Å². The van der Waals surface area contributed by atoms with Crippen LogP contribution in [0.2, 0.25) is 0 Å². The van der Waals surface area contributed by atoms with Gasteiger partial charge in [0, 0.05) is 13.5 Å². The minimum atomic E-state index is -1.09. The quantitative estimate of drug-likeness (QED) is 0.284. The van der Waals surface area contributed by atoms with Gasteiger partial charge in [0.05, 0.1) is 0 Å². The Labute approximate surface area is 266 Å². The van der Waals surface area contributed by atoms with Gasteiger partial charge in [0.1, 0.15) is 29.3 Å². The predicted molar refractivity (Wildman–Crippen MR) is 175 cm³/mol. The Morgan fingerprint density at radius 2 is 1.41 bits per heavy atom. The Morgan fingerprint density at radius 3 is 1.93 bits per heavy atom. The molecule has 0 saturated carbocycles. The zero-order valence-electron chi connectivity index (χ0n) is 27.6. The molecule has 0 radical (unpaired) electrons. The average molecular weight is 628 g/mol. The summed E-state index contributed by atoms with van der Waals surface area (Å²) in [6, 6.07) is 13.8.